The summed E-state index contributed by atoms with van der Waals surface area (Å²) in [5.74, 6) is 2.18. The molecule has 0 saturated carbocycles. The van der Waals surface area contributed by atoms with Crippen LogP contribution in [0.1, 0.15) is 51.7 Å². The highest BCUT2D eigenvalue weighted by atomic mass is 16.7. The van der Waals surface area contributed by atoms with E-state index in [1.807, 2.05) is 0 Å². The van der Waals surface area contributed by atoms with E-state index in [4.69, 9.17) is 9.31 Å². The van der Waals surface area contributed by atoms with Crippen molar-refractivity contribution < 1.29 is 9.31 Å². The Hall–Kier alpha value is -1.06. The molecule has 0 spiro atoms. The largest absolute Gasteiger partial charge is 0.487 e. The Kier molecular flexibility index (Phi) is 3.30. The molecule has 3 heteroatoms. The highest BCUT2D eigenvalue weighted by Crippen LogP contribution is 2.39. The Morgan fingerprint density at radius 3 is 2.35 bits per heavy atom. The molecule has 1 heterocycles. The predicted molar refractivity (Wildman–Crippen MR) is 83.4 cm³/mol. The molecular formula is C17H23BO2. The van der Waals surface area contributed by atoms with Crippen molar-refractivity contribution in [2.24, 2.45) is 0 Å². The first kappa shape index (κ1) is 13.9. The number of aryl methyl sites for hydroxylation is 1. The van der Waals surface area contributed by atoms with Crippen molar-refractivity contribution in [3.63, 3.8) is 0 Å². The lowest BCUT2D eigenvalue weighted by atomic mass is 9.79. The first-order chi connectivity index (χ1) is 9.39. The van der Waals surface area contributed by atoms with Crippen molar-refractivity contribution in [1.29, 1.82) is 0 Å². The fraction of sp³-hybridized carbons (Fsp3) is 0.529. The van der Waals surface area contributed by atoms with Crippen LogP contribution in [0.15, 0.2) is 30.2 Å². The minimum absolute atomic E-state index is 0.235. The standard InChI is InChI=1S/C17H23BO2/c1-16(2)17(3,4)20-18(19-16)12-14-10-7-9-13-8-5-6-11-15(13)14/h5-6,8,11-12H,7,9-10H2,1-4H3. The van der Waals surface area contributed by atoms with E-state index in [2.05, 4.69) is 57.9 Å². The third kappa shape index (κ3) is 2.34. The van der Waals surface area contributed by atoms with Gasteiger partial charge in [-0.05, 0) is 63.7 Å². The van der Waals surface area contributed by atoms with Gasteiger partial charge in [-0.2, -0.15) is 0 Å². The molecule has 2 nitrogen and oxygen atoms in total. The zero-order valence-corrected chi connectivity index (χ0v) is 12.9. The van der Waals surface area contributed by atoms with Crippen LogP contribution in [0.4, 0.5) is 0 Å². The lowest BCUT2D eigenvalue weighted by Crippen LogP contribution is -2.41. The minimum Gasteiger partial charge on any atom is -0.400 e. The lowest BCUT2D eigenvalue weighted by Gasteiger charge is -2.32. The summed E-state index contributed by atoms with van der Waals surface area (Å²) in [6.45, 7) is 8.39. The van der Waals surface area contributed by atoms with Gasteiger partial charge in [0, 0.05) is 0 Å². The van der Waals surface area contributed by atoms with Crippen LogP contribution in [-0.2, 0) is 15.7 Å². The fourth-order valence-corrected chi connectivity index (χ4v) is 2.95. The number of rotatable bonds is 1. The third-order valence-electron chi connectivity index (χ3n) is 4.86. The molecule has 3 rings (SSSR count). The molecule has 0 radical (unpaired) electrons. The summed E-state index contributed by atoms with van der Waals surface area (Å²) in [6.07, 6.45) is 3.50. The second kappa shape index (κ2) is 4.75. The molecule has 0 N–H and O–H groups in total. The summed E-state index contributed by atoms with van der Waals surface area (Å²) in [4.78, 5) is 0. The van der Waals surface area contributed by atoms with Gasteiger partial charge >= 0.3 is 7.12 Å². The van der Waals surface area contributed by atoms with Gasteiger partial charge in [-0.25, -0.2) is 0 Å². The van der Waals surface area contributed by atoms with Crippen LogP contribution in [0, 0.1) is 0 Å². The van der Waals surface area contributed by atoms with Gasteiger partial charge in [-0.15, -0.1) is 0 Å². The van der Waals surface area contributed by atoms with Crippen LogP contribution in [-0.4, -0.2) is 18.3 Å². The number of fused-ring (bicyclic) bond motifs is 1. The van der Waals surface area contributed by atoms with Crippen LogP contribution in [0.25, 0.3) is 5.57 Å². The Bertz CT molecular complexity index is 530. The van der Waals surface area contributed by atoms with Gasteiger partial charge in [-0.1, -0.05) is 30.2 Å². The zero-order valence-electron chi connectivity index (χ0n) is 12.9. The van der Waals surface area contributed by atoms with Crippen molar-refractivity contribution in [3.05, 3.63) is 41.4 Å². The van der Waals surface area contributed by atoms with Crippen molar-refractivity contribution in [2.75, 3.05) is 0 Å². The summed E-state index contributed by atoms with van der Waals surface area (Å²) in [7, 11) is -0.235. The van der Waals surface area contributed by atoms with Crippen LogP contribution in [0.2, 0.25) is 0 Å². The van der Waals surface area contributed by atoms with Crippen molar-refractivity contribution >= 4 is 12.7 Å². The van der Waals surface area contributed by atoms with Gasteiger partial charge in [0.1, 0.15) is 0 Å². The molecule has 1 aliphatic heterocycles. The van der Waals surface area contributed by atoms with Crippen LogP contribution < -0.4 is 0 Å². The van der Waals surface area contributed by atoms with Gasteiger partial charge in [0.25, 0.3) is 0 Å². The summed E-state index contributed by atoms with van der Waals surface area (Å²) in [6, 6.07) is 8.68. The molecule has 2 aliphatic rings. The molecular weight excluding hydrogens is 247 g/mol. The average Bonchev–Trinajstić information content (AvgIpc) is 2.58. The maximum atomic E-state index is 6.08. The van der Waals surface area contributed by atoms with Gasteiger partial charge in [0.05, 0.1) is 11.2 Å². The quantitative estimate of drug-likeness (QED) is 0.717. The van der Waals surface area contributed by atoms with Crippen molar-refractivity contribution in [2.45, 2.75) is 58.2 Å². The zero-order chi connectivity index (χ0) is 14.4. The van der Waals surface area contributed by atoms with Crippen LogP contribution in [0.5, 0.6) is 0 Å². The Morgan fingerprint density at radius 2 is 1.65 bits per heavy atom. The van der Waals surface area contributed by atoms with Crippen LogP contribution >= 0.6 is 0 Å². The molecule has 0 bridgehead atoms. The maximum Gasteiger partial charge on any atom is 0.487 e. The number of benzene rings is 1. The van der Waals surface area contributed by atoms with E-state index in [1.165, 1.54) is 29.5 Å². The second-order valence-electron chi connectivity index (χ2n) is 6.83. The molecule has 0 amide bonds. The van der Waals surface area contributed by atoms with Gasteiger partial charge < -0.3 is 9.31 Å². The third-order valence-corrected chi connectivity index (χ3v) is 4.86. The van der Waals surface area contributed by atoms with E-state index >= 15 is 0 Å². The molecule has 1 saturated heterocycles. The molecule has 0 aromatic heterocycles. The molecule has 106 valence electrons. The molecule has 20 heavy (non-hydrogen) atoms. The second-order valence-corrected chi connectivity index (χ2v) is 6.83. The molecule has 0 atom stereocenters. The first-order valence-electron chi connectivity index (χ1n) is 7.54. The van der Waals surface area contributed by atoms with Crippen molar-refractivity contribution in [1.82, 2.24) is 0 Å². The topological polar surface area (TPSA) is 18.5 Å². The normalized spacial score (nSPS) is 25.8. The minimum atomic E-state index is -0.261. The first-order valence-corrected chi connectivity index (χ1v) is 7.54. The van der Waals surface area contributed by atoms with E-state index in [0.29, 0.717) is 0 Å². The van der Waals surface area contributed by atoms with E-state index in [-0.39, 0.29) is 18.3 Å². The number of hydrogen-bond acceptors (Lipinski definition) is 2. The summed E-state index contributed by atoms with van der Waals surface area (Å²) >= 11 is 0. The summed E-state index contributed by atoms with van der Waals surface area (Å²) in [5, 5.41) is 0. The average molecular weight is 270 g/mol. The smallest absolute Gasteiger partial charge is 0.400 e. The Labute approximate surface area is 122 Å². The number of hydrogen-bond donors (Lipinski definition) is 0. The highest BCUT2D eigenvalue weighted by Gasteiger charge is 2.50. The monoisotopic (exact) mass is 270 g/mol. The molecule has 1 aliphatic carbocycles. The fourth-order valence-electron chi connectivity index (χ4n) is 2.95. The van der Waals surface area contributed by atoms with Gasteiger partial charge in [-0.3, -0.25) is 0 Å². The Morgan fingerprint density at radius 1 is 1.00 bits per heavy atom. The van der Waals surface area contributed by atoms with E-state index in [9.17, 15) is 0 Å². The molecule has 1 fully saturated rings. The predicted octanol–water partition coefficient (Wildman–Crippen LogP) is 4.04. The van der Waals surface area contributed by atoms with E-state index in [1.54, 1.807) is 0 Å². The Balaban J connectivity index is 1.88. The van der Waals surface area contributed by atoms with E-state index in [0.717, 1.165) is 6.42 Å². The lowest BCUT2D eigenvalue weighted by molar-refractivity contribution is 0.00578. The van der Waals surface area contributed by atoms with E-state index < -0.39 is 0 Å². The number of allylic oxidation sites excluding steroid dienone is 1. The highest BCUT2D eigenvalue weighted by molar-refractivity contribution is 6.53. The molecule has 1 aromatic carbocycles. The van der Waals surface area contributed by atoms with Gasteiger partial charge in [0.15, 0.2) is 0 Å². The molecule has 0 unspecified atom stereocenters. The summed E-state index contributed by atoms with van der Waals surface area (Å²) < 4.78 is 12.2. The summed E-state index contributed by atoms with van der Waals surface area (Å²) in [5.41, 5.74) is 3.66. The van der Waals surface area contributed by atoms with Crippen LogP contribution in [0.3, 0.4) is 0 Å². The maximum absolute atomic E-state index is 6.08. The van der Waals surface area contributed by atoms with Gasteiger partial charge in [0.2, 0.25) is 0 Å². The SMILES string of the molecule is CC1(C)OB(C=C2CCCc3ccccc32)OC1(C)C. The molecule has 1 aromatic rings. The van der Waals surface area contributed by atoms with Crippen molar-refractivity contribution in [3.8, 4) is 0 Å².